The predicted octanol–water partition coefficient (Wildman–Crippen LogP) is 3.15. The monoisotopic (exact) mass is 340 g/mol. The van der Waals surface area contributed by atoms with E-state index >= 15 is 0 Å². The molecule has 1 fully saturated rings. The number of morpholine rings is 1. The van der Waals surface area contributed by atoms with Crippen LogP contribution in [0.5, 0.6) is 0 Å². The topological polar surface area (TPSA) is 38.5 Å². The van der Waals surface area contributed by atoms with E-state index in [0.717, 1.165) is 30.9 Å². The van der Waals surface area contributed by atoms with Gasteiger partial charge in [-0.05, 0) is 33.6 Å². The lowest BCUT2D eigenvalue weighted by Gasteiger charge is -2.32. The fraction of sp³-hybridized carbons (Fsp3) is 0.357. The molecular weight excluding hydrogens is 327 g/mol. The second kappa shape index (κ2) is 6.03. The highest BCUT2D eigenvalue weighted by atomic mass is 79.9. The van der Waals surface area contributed by atoms with Gasteiger partial charge < -0.3 is 9.26 Å². The molecule has 4 nitrogen and oxygen atoms in total. The number of nitrogens with zero attached hydrogens (tertiary/aromatic N) is 2. The van der Waals surface area contributed by atoms with Gasteiger partial charge in [0.25, 0.3) is 0 Å². The standard InChI is InChI=1S/C14H14BrFN2O2/c15-12-7-10(1-2-13(12)16)14-9-18(4-6-19-14)8-11-3-5-20-17-11/h1-3,5,7,14H,4,6,8-9H2/t14-/m0/s1. The van der Waals surface area contributed by atoms with E-state index in [1.807, 2.05) is 6.07 Å². The van der Waals surface area contributed by atoms with Crippen LogP contribution < -0.4 is 0 Å². The van der Waals surface area contributed by atoms with Gasteiger partial charge in [0.15, 0.2) is 0 Å². The Morgan fingerprint density at radius 1 is 1.40 bits per heavy atom. The molecule has 1 atom stereocenters. The van der Waals surface area contributed by atoms with Gasteiger partial charge in [-0.3, -0.25) is 4.90 Å². The maximum absolute atomic E-state index is 13.3. The van der Waals surface area contributed by atoms with Gasteiger partial charge >= 0.3 is 0 Å². The first-order valence-electron chi connectivity index (χ1n) is 6.40. The Morgan fingerprint density at radius 2 is 2.30 bits per heavy atom. The van der Waals surface area contributed by atoms with Crippen LogP contribution in [0.2, 0.25) is 0 Å². The molecule has 1 aromatic carbocycles. The van der Waals surface area contributed by atoms with Gasteiger partial charge in [-0.2, -0.15) is 0 Å². The van der Waals surface area contributed by atoms with Gasteiger partial charge in [0.2, 0.25) is 0 Å². The highest BCUT2D eigenvalue weighted by Crippen LogP contribution is 2.26. The van der Waals surface area contributed by atoms with E-state index in [1.54, 1.807) is 18.4 Å². The maximum atomic E-state index is 13.3. The molecule has 1 aromatic heterocycles. The average Bonchev–Trinajstić information content (AvgIpc) is 2.95. The van der Waals surface area contributed by atoms with Crippen molar-refractivity contribution in [2.24, 2.45) is 0 Å². The summed E-state index contributed by atoms with van der Waals surface area (Å²) >= 11 is 3.21. The van der Waals surface area contributed by atoms with Crippen LogP contribution in [0.15, 0.2) is 39.5 Å². The van der Waals surface area contributed by atoms with Crippen molar-refractivity contribution in [2.45, 2.75) is 12.6 Å². The summed E-state index contributed by atoms with van der Waals surface area (Å²) in [6, 6.07) is 6.86. The number of benzene rings is 1. The zero-order valence-electron chi connectivity index (χ0n) is 10.8. The normalized spacial score (nSPS) is 20.2. The number of rotatable bonds is 3. The molecule has 20 heavy (non-hydrogen) atoms. The van der Waals surface area contributed by atoms with Crippen molar-refractivity contribution >= 4 is 15.9 Å². The van der Waals surface area contributed by atoms with Crippen LogP contribution in [0.3, 0.4) is 0 Å². The number of ether oxygens (including phenoxy) is 1. The van der Waals surface area contributed by atoms with E-state index < -0.39 is 0 Å². The molecule has 0 unspecified atom stereocenters. The Bertz CT molecular complexity index is 577. The lowest BCUT2D eigenvalue weighted by atomic mass is 10.1. The third-order valence-electron chi connectivity index (χ3n) is 3.34. The van der Waals surface area contributed by atoms with Gasteiger partial charge in [-0.15, -0.1) is 0 Å². The SMILES string of the molecule is Fc1ccc([C@@H]2CN(Cc3ccon3)CCO2)cc1Br. The maximum Gasteiger partial charge on any atom is 0.137 e. The molecule has 3 rings (SSSR count). The molecule has 0 N–H and O–H groups in total. The Hall–Kier alpha value is -1.24. The van der Waals surface area contributed by atoms with E-state index in [2.05, 4.69) is 26.0 Å². The molecule has 0 spiro atoms. The molecule has 0 aliphatic carbocycles. The Kier molecular flexibility index (Phi) is 4.14. The third kappa shape index (κ3) is 3.08. The van der Waals surface area contributed by atoms with Crippen LogP contribution in [-0.4, -0.2) is 29.8 Å². The summed E-state index contributed by atoms with van der Waals surface area (Å²) in [6.45, 7) is 2.99. The first-order valence-corrected chi connectivity index (χ1v) is 7.20. The van der Waals surface area contributed by atoms with Crippen molar-refractivity contribution in [1.82, 2.24) is 10.1 Å². The van der Waals surface area contributed by atoms with Crippen molar-refractivity contribution < 1.29 is 13.7 Å². The average molecular weight is 341 g/mol. The molecule has 0 radical (unpaired) electrons. The second-order valence-electron chi connectivity index (χ2n) is 4.76. The number of hydrogen-bond acceptors (Lipinski definition) is 4. The minimum absolute atomic E-state index is 0.0486. The summed E-state index contributed by atoms with van der Waals surface area (Å²) in [5, 5.41) is 3.92. The first kappa shape index (κ1) is 13.7. The lowest BCUT2D eigenvalue weighted by molar-refractivity contribution is -0.0335. The molecule has 0 bridgehead atoms. The summed E-state index contributed by atoms with van der Waals surface area (Å²) < 4.78 is 24.4. The Morgan fingerprint density at radius 3 is 3.05 bits per heavy atom. The molecule has 106 valence electrons. The van der Waals surface area contributed by atoms with Gasteiger partial charge in [-0.25, -0.2) is 4.39 Å². The van der Waals surface area contributed by atoms with Crippen molar-refractivity contribution in [3.63, 3.8) is 0 Å². The highest BCUT2D eigenvalue weighted by Gasteiger charge is 2.23. The van der Waals surface area contributed by atoms with Crippen LogP contribution in [0.25, 0.3) is 0 Å². The van der Waals surface area contributed by atoms with E-state index in [9.17, 15) is 4.39 Å². The van der Waals surface area contributed by atoms with Crippen LogP contribution in [0.4, 0.5) is 4.39 Å². The van der Waals surface area contributed by atoms with Crippen LogP contribution in [-0.2, 0) is 11.3 Å². The van der Waals surface area contributed by atoms with E-state index in [-0.39, 0.29) is 11.9 Å². The van der Waals surface area contributed by atoms with E-state index in [4.69, 9.17) is 9.26 Å². The minimum atomic E-state index is -0.260. The molecule has 2 aromatic rings. The fourth-order valence-electron chi connectivity index (χ4n) is 2.31. The summed E-state index contributed by atoms with van der Waals surface area (Å²) in [5.41, 5.74) is 1.88. The molecule has 1 saturated heterocycles. The van der Waals surface area contributed by atoms with Crippen LogP contribution in [0.1, 0.15) is 17.4 Å². The zero-order valence-corrected chi connectivity index (χ0v) is 12.3. The quantitative estimate of drug-likeness (QED) is 0.860. The molecule has 0 amide bonds. The molecule has 1 aliphatic heterocycles. The van der Waals surface area contributed by atoms with Crippen molar-refractivity contribution in [1.29, 1.82) is 0 Å². The number of hydrogen-bond donors (Lipinski definition) is 0. The van der Waals surface area contributed by atoms with E-state index in [0.29, 0.717) is 11.1 Å². The van der Waals surface area contributed by atoms with Gasteiger partial charge in [0, 0.05) is 25.7 Å². The van der Waals surface area contributed by atoms with Crippen molar-refractivity contribution in [3.05, 3.63) is 52.1 Å². The summed E-state index contributed by atoms with van der Waals surface area (Å²) in [7, 11) is 0. The van der Waals surface area contributed by atoms with Crippen LogP contribution >= 0.6 is 15.9 Å². The first-order chi connectivity index (χ1) is 9.72. The third-order valence-corrected chi connectivity index (χ3v) is 3.95. The molecule has 0 saturated carbocycles. The van der Waals surface area contributed by atoms with Crippen molar-refractivity contribution in [3.8, 4) is 0 Å². The smallest absolute Gasteiger partial charge is 0.137 e. The molecule has 2 heterocycles. The van der Waals surface area contributed by atoms with Gasteiger partial charge in [0.1, 0.15) is 12.1 Å². The number of halogens is 2. The molecular formula is C14H14BrFN2O2. The molecule has 1 aliphatic rings. The van der Waals surface area contributed by atoms with Gasteiger partial charge in [0.05, 0.1) is 22.9 Å². The lowest BCUT2D eigenvalue weighted by Crippen LogP contribution is -2.37. The Labute approximate surface area is 124 Å². The summed E-state index contributed by atoms with van der Waals surface area (Å²) in [6.07, 6.45) is 1.53. The number of aromatic nitrogens is 1. The predicted molar refractivity (Wildman–Crippen MR) is 74.6 cm³/mol. The van der Waals surface area contributed by atoms with E-state index in [1.165, 1.54) is 6.07 Å². The highest BCUT2D eigenvalue weighted by molar-refractivity contribution is 9.10. The molecule has 6 heteroatoms. The second-order valence-corrected chi connectivity index (χ2v) is 5.61. The minimum Gasteiger partial charge on any atom is -0.371 e. The largest absolute Gasteiger partial charge is 0.371 e. The van der Waals surface area contributed by atoms with Crippen molar-refractivity contribution in [2.75, 3.05) is 19.7 Å². The summed E-state index contributed by atoms with van der Waals surface area (Å²) in [4.78, 5) is 2.25. The van der Waals surface area contributed by atoms with Gasteiger partial charge in [-0.1, -0.05) is 11.2 Å². The Balaban J connectivity index is 1.69. The summed E-state index contributed by atoms with van der Waals surface area (Å²) in [5.74, 6) is -0.260. The fourth-order valence-corrected chi connectivity index (χ4v) is 2.71. The van der Waals surface area contributed by atoms with Crippen LogP contribution in [0, 0.1) is 5.82 Å². The zero-order chi connectivity index (χ0) is 13.9.